The van der Waals surface area contributed by atoms with Gasteiger partial charge in [-0.1, -0.05) is 0 Å². The third kappa shape index (κ3) is 2.71. The van der Waals surface area contributed by atoms with Crippen molar-refractivity contribution in [3.8, 4) is 17.2 Å². The van der Waals surface area contributed by atoms with Crippen LogP contribution in [0.2, 0.25) is 0 Å². The van der Waals surface area contributed by atoms with E-state index in [0.717, 1.165) is 54.6 Å². The lowest BCUT2D eigenvalue weighted by molar-refractivity contribution is 0.174. The summed E-state index contributed by atoms with van der Waals surface area (Å²) in [4.78, 5) is 2.45. The predicted octanol–water partition coefficient (Wildman–Crippen LogP) is 2.68. The summed E-state index contributed by atoms with van der Waals surface area (Å²) in [7, 11) is 1.70. The lowest BCUT2D eigenvalue weighted by Gasteiger charge is -2.19. The van der Waals surface area contributed by atoms with Crippen LogP contribution in [-0.2, 0) is 6.54 Å². The van der Waals surface area contributed by atoms with E-state index in [1.165, 1.54) is 5.69 Å². The summed E-state index contributed by atoms with van der Waals surface area (Å²) in [5, 5.41) is 4.64. The molecule has 4 rings (SSSR count). The fourth-order valence-corrected chi connectivity index (χ4v) is 3.69. The standard InChI is InChI=1S/C18H23N3O3/c1-12-6-13(2)21(19-12)15-4-5-20(10-15)9-14-7-17-18(24-11-23-17)8-16(14)22-3/h6-8,15H,4-5,9-11H2,1-3H3/t15-/m0/s1. The van der Waals surface area contributed by atoms with Crippen molar-refractivity contribution in [2.24, 2.45) is 0 Å². The van der Waals surface area contributed by atoms with E-state index in [1.54, 1.807) is 7.11 Å². The summed E-state index contributed by atoms with van der Waals surface area (Å²) in [5.74, 6) is 2.42. The van der Waals surface area contributed by atoms with E-state index in [0.29, 0.717) is 6.04 Å². The number of fused-ring (bicyclic) bond motifs is 1. The van der Waals surface area contributed by atoms with Crippen molar-refractivity contribution in [2.45, 2.75) is 32.9 Å². The Labute approximate surface area is 141 Å². The maximum Gasteiger partial charge on any atom is 0.231 e. The molecule has 2 aliphatic rings. The Kier molecular flexibility index (Phi) is 3.84. The number of hydrogen-bond acceptors (Lipinski definition) is 5. The zero-order valence-corrected chi connectivity index (χ0v) is 14.4. The lowest BCUT2D eigenvalue weighted by atomic mass is 10.1. The van der Waals surface area contributed by atoms with Gasteiger partial charge in [-0.2, -0.15) is 5.10 Å². The van der Waals surface area contributed by atoms with Crippen LogP contribution in [0.3, 0.4) is 0 Å². The molecule has 1 fully saturated rings. The summed E-state index contributed by atoms with van der Waals surface area (Å²) in [6, 6.07) is 6.55. The highest BCUT2D eigenvalue weighted by Crippen LogP contribution is 2.39. The largest absolute Gasteiger partial charge is 0.496 e. The Bertz CT molecular complexity index is 756. The van der Waals surface area contributed by atoms with E-state index in [4.69, 9.17) is 14.2 Å². The number of nitrogens with zero attached hydrogens (tertiary/aromatic N) is 3. The van der Waals surface area contributed by atoms with Crippen molar-refractivity contribution >= 4 is 0 Å². The van der Waals surface area contributed by atoms with Gasteiger partial charge in [0.1, 0.15) is 5.75 Å². The van der Waals surface area contributed by atoms with Gasteiger partial charge in [0.15, 0.2) is 11.5 Å². The highest BCUT2D eigenvalue weighted by atomic mass is 16.7. The number of rotatable bonds is 4. The van der Waals surface area contributed by atoms with Gasteiger partial charge in [0.2, 0.25) is 6.79 Å². The number of methoxy groups -OCH3 is 1. The second kappa shape index (κ2) is 6.02. The zero-order valence-electron chi connectivity index (χ0n) is 14.4. The van der Waals surface area contributed by atoms with Crippen molar-refractivity contribution < 1.29 is 14.2 Å². The van der Waals surface area contributed by atoms with Crippen LogP contribution < -0.4 is 14.2 Å². The number of benzene rings is 1. The Hall–Kier alpha value is -2.21. The lowest BCUT2D eigenvalue weighted by Crippen LogP contribution is -2.22. The Morgan fingerprint density at radius 3 is 2.71 bits per heavy atom. The molecular weight excluding hydrogens is 306 g/mol. The van der Waals surface area contributed by atoms with Crippen LogP contribution >= 0.6 is 0 Å². The number of aryl methyl sites for hydroxylation is 2. The van der Waals surface area contributed by atoms with E-state index in [1.807, 2.05) is 19.1 Å². The molecule has 6 nitrogen and oxygen atoms in total. The Morgan fingerprint density at radius 1 is 1.21 bits per heavy atom. The van der Waals surface area contributed by atoms with Gasteiger partial charge in [-0.3, -0.25) is 9.58 Å². The molecule has 0 aliphatic carbocycles. The van der Waals surface area contributed by atoms with Gasteiger partial charge in [0.05, 0.1) is 18.8 Å². The quantitative estimate of drug-likeness (QED) is 0.863. The van der Waals surface area contributed by atoms with E-state index in [-0.39, 0.29) is 6.79 Å². The van der Waals surface area contributed by atoms with E-state index >= 15 is 0 Å². The second-order valence-electron chi connectivity index (χ2n) is 6.57. The molecular formula is C18H23N3O3. The monoisotopic (exact) mass is 329 g/mol. The van der Waals surface area contributed by atoms with Gasteiger partial charge in [-0.25, -0.2) is 0 Å². The van der Waals surface area contributed by atoms with Crippen LogP contribution in [0.25, 0.3) is 0 Å². The van der Waals surface area contributed by atoms with Gasteiger partial charge < -0.3 is 14.2 Å². The van der Waals surface area contributed by atoms with Crippen molar-refractivity contribution in [3.05, 3.63) is 35.2 Å². The molecule has 0 radical (unpaired) electrons. The third-order valence-electron chi connectivity index (χ3n) is 4.81. The van der Waals surface area contributed by atoms with Crippen LogP contribution in [0.1, 0.15) is 29.4 Å². The first-order valence-electron chi connectivity index (χ1n) is 8.35. The van der Waals surface area contributed by atoms with Gasteiger partial charge in [-0.15, -0.1) is 0 Å². The first-order chi connectivity index (χ1) is 11.6. The maximum atomic E-state index is 5.54. The molecule has 24 heavy (non-hydrogen) atoms. The molecule has 1 aromatic carbocycles. The minimum absolute atomic E-state index is 0.283. The number of likely N-dealkylation sites (tertiary alicyclic amines) is 1. The van der Waals surface area contributed by atoms with E-state index in [9.17, 15) is 0 Å². The first kappa shape index (κ1) is 15.3. The highest BCUT2D eigenvalue weighted by Gasteiger charge is 2.27. The molecule has 0 amide bonds. The molecule has 1 atom stereocenters. The molecule has 0 N–H and O–H groups in total. The maximum absolute atomic E-state index is 5.54. The summed E-state index contributed by atoms with van der Waals surface area (Å²) in [6.07, 6.45) is 1.12. The van der Waals surface area contributed by atoms with Crippen LogP contribution in [0, 0.1) is 13.8 Å². The molecule has 3 heterocycles. The van der Waals surface area contributed by atoms with E-state index in [2.05, 4.69) is 27.7 Å². The van der Waals surface area contributed by atoms with Crippen molar-refractivity contribution in [2.75, 3.05) is 27.0 Å². The number of hydrogen-bond donors (Lipinski definition) is 0. The molecule has 2 aliphatic heterocycles. The molecule has 0 bridgehead atoms. The molecule has 0 saturated carbocycles. The Balaban J connectivity index is 1.50. The van der Waals surface area contributed by atoms with Gasteiger partial charge >= 0.3 is 0 Å². The van der Waals surface area contributed by atoms with Gasteiger partial charge in [0, 0.05) is 37.0 Å². The molecule has 1 saturated heterocycles. The van der Waals surface area contributed by atoms with Gasteiger partial charge in [-0.05, 0) is 32.4 Å². The fourth-order valence-electron chi connectivity index (χ4n) is 3.69. The molecule has 0 unspecified atom stereocenters. The van der Waals surface area contributed by atoms with E-state index < -0.39 is 0 Å². The average molecular weight is 329 g/mol. The van der Waals surface area contributed by atoms with Crippen molar-refractivity contribution in [3.63, 3.8) is 0 Å². The van der Waals surface area contributed by atoms with Crippen LogP contribution in [-0.4, -0.2) is 41.7 Å². The molecule has 1 aromatic heterocycles. The molecule has 0 spiro atoms. The SMILES string of the molecule is COc1cc2c(cc1CN1CC[C@H](n3nc(C)cc3C)C1)OCO2. The normalized spacial score (nSPS) is 19.9. The Morgan fingerprint density at radius 2 is 2.00 bits per heavy atom. The second-order valence-corrected chi connectivity index (χ2v) is 6.57. The summed E-state index contributed by atoms with van der Waals surface area (Å²) in [6.45, 7) is 7.36. The summed E-state index contributed by atoms with van der Waals surface area (Å²) >= 11 is 0. The predicted molar refractivity (Wildman–Crippen MR) is 89.7 cm³/mol. The fraction of sp³-hybridized carbons (Fsp3) is 0.500. The number of ether oxygens (including phenoxy) is 3. The number of aromatic nitrogens is 2. The first-order valence-corrected chi connectivity index (χ1v) is 8.35. The van der Waals surface area contributed by atoms with Crippen LogP contribution in [0.15, 0.2) is 18.2 Å². The smallest absolute Gasteiger partial charge is 0.231 e. The topological polar surface area (TPSA) is 48.8 Å². The molecule has 6 heteroatoms. The third-order valence-corrected chi connectivity index (χ3v) is 4.81. The summed E-state index contributed by atoms with van der Waals surface area (Å²) < 4.78 is 18.6. The van der Waals surface area contributed by atoms with Crippen molar-refractivity contribution in [1.82, 2.24) is 14.7 Å². The highest BCUT2D eigenvalue weighted by molar-refractivity contribution is 5.51. The van der Waals surface area contributed by atoms with Gasteiger partial charge in [0.25, 0.3) is 0 Å². The van der Waals surface area contributed by atoms with Crippen molar-refractivity contribution in [1.29, 1.82) is 0 Å². The zero-order chi connectivity index (χ0) is 16.7. The average Bonchev–Trinajstić information content (AvgIpc) is 3.26. The van der Waals surface area contributed by atoms with Crippen LogP contribution in [0.4, 0.5) is 0 Å². The minimum Gasteiger partial charge on any atom is -0.496 e. The van der Waals surface area contributed by atoms with Crippen LogP contribution in [0.5, 0.6) is 17.2 Å². The summed E-state index contributed by atoms with van der Waals surface area (Å²) in [5.41, 5.74) is 3.46. The minimum atomic E-state index is 0.283. The molecule has 128 valence electrons. The molecule has 2 aromatic rings.